The molecule has 12 heteroatoms. The minimum atomic E-state index is -4.44. The van der Waals surface area contributed by atoms with Gasteiger partial charge >= 0.3 is 0 Å². The molecule has 8 nitrogen and oxygen atoms in total. The first kappa shape index (κ1) is 24.8. The number of fused-ring (bicyclic) bond motifs is 1. The molecule has 0 unspecified atom stereocenters. The SMILES string of the molecule is COc1ncc(-c2ccc3c(F)cnc(N4CCNCC4)c3c2)cc1NS(=O)(=O)c1ccc(F)cc1F. The first-order valence-electron chi connectivity index (χ1n) is 11.3. The number of ether oxygens (including phenoxy) is 1. The van der Waals surface area contributed by atoms with E-state index < -0.39 is 32.4 Å². The van der Waals surface area contributed by atoms with E-state index in [1.807, 2.05) is 0 Å². The van der Waals surface area contributed by atoms with E-state index >= 15 is 0 Å². The Kier molecular flexibility index (Phi) is 6.61. The fraction of sp³-hybridized carbons (Fsp3) is 0.200. The number of sulfonamides is 1. The highest BCUT2D eigenvalue weighted by Gasteiger charge is 2.23. The van der Waals surface area contributed by atoms with E-state index in [0.29, 0.717) is 46.9 Å². The molecule has 5 rings (SSSR count). The Morgan fingerprint density at radius 2 is 1.70 bits per heavy atom. The molecule has 0 saturated carbocycles. The van der Waals surface area contributed by atoms with Crippen LogP contribution in [0.2, 0.25) is 0 Å². The molecule has 3 heterocycles. The average Bonchev–Trinajstić information content (AvgIpc) is 2.88. The molecule has 1 aliphatic heterocycles. The number of pyridine rings is 2. The molecule has 1 saturated heterocycles. The molecule has 1 aliphatic rings. The molecule has 0 aliphatic carbocycles. The number of methoxy groups -OCH3 is 1. The minimum absolute atomic E-state index is 0.0511. The van der Waals surface area contributed by atoms with Crippen molar-refractivity contribution in [3.8, 4) is 17.0 Å². The Hall–Kier alpha value is -3.90. The lowest BCUT2D eigenvalue weighted by molar-refractivity contribution is 0.400. The van der Waals surface area contributed by atoms with E-state index in [1.54, 1.807) is 18.2 Å². The molecule has 0 amide bonds. The number of benzene rings is 2. The summed E-state index contributed by atoms with van der Waals surface area (Å²) in [5, 5.41) is 4.28. The Bertz CT molecular complexity index is 1590. The highest BCUT2D eigenvalue weighted by atomic mass is 32.2. The second-order valence-electron chi connectivity index (χ2n) is 8.39. The summed E-state index contributed by atoms with van der Waals surface area (Å²) in [6.07, 6.45) is 2.68. The topological polar surface area (TPSA) is 96.5 Å². The van der Waals surface area contributed by atoms with Crippen molar-refractivity contribution in [1.82, 2.24) is 15.3 Å². The fourth-order valence-electron chi connectivity index (χ4n) is 4.24. The van der Waals surface area contributed by atoms with Gasteiger partial charge in [0.1, 0.15) is 33.9 Å². The normalized spacial score (nSPS) is 14.1. The van der Waals surface area contributed by atoms with Crippen LogP contribution in [0.5, 0.6) is 5.88 Å². The van der Waals surface area contributed by atoms with Crippen LogP contribution in [0.4, 0.5) is 24.7 Å². The summed E-state index contributed by atoms with van der Waals surface area (Å²) in [5.74, 6) is -2.00. The third kappa shape index (κ3) is 4.89. The van der Waals surface area contributed by atoms with Crippen LogP contribution in [0.25, 0.3) is 21.9 Å². The molecular formula is C25H22F3N5O3S. The van der Waals surface area contributed by atoms with Crippen LogP contribution in [0, 0.1) is 17.5 Å². The van der Waals surface area contributed by atoms with E-state index in [9.17, 15) is 21.6 Å². The van der Waals surface area contributed by atoms with Crippen LogP contribution < -0.4 is 19.7 Å². The standard InChI is InChI=1S/C25H22F3N5O3S/c1-36-25-22(32-37(34,35)23-5-3-17(26)12-20(23)27)11-16(13-31-25)15-2-4-18-19(10-15)24(30-14-21(18)28)33-8-6-29-7-9-33/h2-5,10-14,29,32H,6-9H2,1H3. The maximum atomic E-state index is 14.6. The van der Waals surface area contributed by atoms with Crippen molar-refractivity contribution in [1.29, 1.82) is 0 Å². The largest absolute Gasteiger partial charge is 0.480 e. The molecule has 37 heavy (non-hydrogen) atoms. The maximum Gasteiger partial charge on any atom is 0.264 e. The van der Waals surface area contributed by atoms with Crippen molar-refractivity contribution in [3.63, 3.8) is 0 Å². The van der Waals surface area contributed by atoms with Gasteiger partial charge in [0, 0.05) is 54.8 Å². The summed E-state index contributed by atoms with van der Waals surface area (Å²) in [6, 6.07) is 8.73. The highest BCUT2D eigenvalue weighted by Crippen LogP contribution is 2.34. The number of hydrogen-bond donors (Lipinski definition) is 2. The summed E-state index contributed by atoms with van der Waals surface area (Å²) >= 11 is 0. The molecule has 0 spiro atoms. The molecule has 0 atom stereocenters. The quantitative estimate of drug-likeness (QED) is 0.391. The summed E-state index contributed by atoms with van der Waals surface area (Å²) in [6.45, 7) is 2.99. The van der Waals surface area contributed by atoms with Gasteiger partial charge < -0.3 is 15.0 Å². The monoisotopic (exact) mass is 529 g/mol. The Morgan fingerprint density at radius 3 is 2.43 bits per heavy atom. The Balaban J connectivity index is 1.56. The number of nitrogens with zero attached hydrogens (tertiary/aromatic N) is 3. The third-order valence-electron chi connectivity index (χ3n) is 6.04. The fourth-order valence-corrected chi connectivity index (χ4v) is 5.35. The van der Waals surface area contributed by atoms with Gasteiger partial charge in [-0.05, 0) is 29.8 Å². The number of anilines is 2. The zero-order valence-corrected chi connectivity index (χ0v) is 20.4. The number of nitrogens with one attached hydrogen (secondary N) is 2. The molecule has 1 fully saturated rings. The predicted molar refractivity (Wildman–Crippen MR) is 134 cm³/mol. The van der Waals surface area contributed by atoms with Gasteiger partial charge in [0.05, 0.1) is 13.3 Å². The summed E-state index contributed by atoms with van der Waals surface area (Å²) in [4.78, 5) is 9.87. The van der Waals surface area contributed by atoms with Crippen LogP contribution in [-0.2, 0) is 10.0 Å². The van der Waals surface area contributed by atoms with Crippen molar-refractivity contribution in [2.24, 2.45) is 0 Å². The first-order chi connectivity index (χ1) is 17.8. The lowest BCUT2D eigenvalue weighted by atomic mass is 10.0. The number of aromatic nitrogens is 2. The van der Waals surface area contributed by atoms with Crippen LogP contribution in [-0.4, -0.2) is 51.7 Å². The van der Waals surface area contributed by atoms with Gasteiger partial charge in [-0.1, -0.05) is 12.1 Å². The van der Waals surface area contributed by atoms with E-state index in [0.717, 1.165) is 25.2 Å². The Morgan fingerprint density at radius 1 is 0.919 bits per heavy atom. The molecule has 2 aromatic carbocycles. The smallest absolute Gasteiger partial charge is 0.264 e. The van der Waals surface area contributed by atoms with Crippen LogP contribution in [0.15, 0.2) is 59.8 Å². The lowest BCUT2D eigenvalue weighted by Gasteiger charge is -2.29. The Labute approximate surface area is 211 Å². The minimum Gasteiger partial charge on any atom is -0.480 e. The van der Waals surface area contributed by atoms with Crippen molar-refractivity contribution in [3.05, 3.63) is 72.3 Å². The van der Waals surface area contributed by atoms with Gasteiger partial charge in [-0.25, -0.2) is 31.6 Å². The van der Waals surface area contributed by atoms with E-state index in [4.69, 9.17) is 4.74 Å². The molecule has 0 radical (unpaired) electrons. The predicted octanol–water partition coefficient (Wildman–Crippen LogP) is 3.93. The van der Waals surface area contributed by atoms with Crippen molar-refractivity contribution in [2.45, 2.75) is 4.90 Å². The first-order valence-corrected chi connectivity index (χ1v) is 12.8. The zero-order valence-electron chi connectivity index (χ0n) is 19.6. The van der Waals surface area contributed by atoms with E-state index in [-0.39, 0.29) is 11.6 Å². The van der Waals surface area contributed by atoms with Crippen molar-refractivity contribution in [2.75, 3.05) is 42.9 Å². The summed E-state index contributed by atoms with van der Waals surface area (Å²) in [5.41, 5.74) is 1.07. The van der Waals surface area contributed by atoms with Crippen molar-refractivity contribution >= 4 is 32.3 Å². The maximum absolute atomic E-state index is 14.6. The van der Waals surface area contributed by atoms with E-state index in [1.165, 1.54) is 25.6 Å². The third-order valence-corrected chi connectivity index (χ3v) is 7.44. The number of piperazine rings is 1. The van der Waals surface area contributed by atoms with Gasteiger partial charge in [0.2, 0.25) is 5.88 Å². The number of rotatable bonds is 6. The molecule has 0 bridgehead atoms. The second-order valence-corrected chi connectivity index (χ2v) is 10.0. The average molecular weight is 530 g/mol. The van der Waals surface area contributed by atoms with Crippen LogP contribution >= 0.6 is 0 Å². The molecule has 2 aromatic heterocycles. The zero-order chi connectivity index (χ0) is 26.2. The van der Waals surface area contributed by atoms with Gasteiger partial charge in [-0.3, -0.25) is 4.72 Å². The van der Waals surface area contributed by atoms with Gasteiger partial charge in [0.15, 0.2) is 0 Å². The molecule has 2 N–H and O–H groups in total. The summed E-state index contributed by atoms with van der Waals surface area (Å²) < 4.78 is 75.2. The molecular weight excluding hydrogens is 507 g/mol. The van der Waals surface area contributed by atoms with Gasteiger partial charge in [-0.15, -0.1) is 0 Å². The number of hydrogen-bond acceptors (Lipinski definition) is 7. The van der Waals surface area contributed by atoms with Crippen LogP contribution in [0.3, 0.4) is 0 Å². The lowest BCUT2D eigenvalue weighted by Crippen LogP contribution is -2.44. The van der Waals surface area contributed by atoms with Crippen molar-refractivity contribution < 1.29 is 26.3 Å². The van der Waals surface area contributed by atoms with Gasteiger partial charge in [-0.2, -0.15) is 0 Å². The molecule has 4 aromatic rings. The van der Waals surface area contributed by atoms with E-state index in [2.05, 4.69) is 24.9 Å². The number of halogens is 3. The second kappa shape index (κ2) is 9.87. The van der Waals surface area contributed by atoms with Gasteiger partial charge in [0.25, 0.3) is 10.0 Å². The molecule has 192 valence electrons. The van der Waals surface area contributed by atoms with Crippen LogP contribution in [0.1, 0.15) is 0 Å². The highest BCUT2D eigenvalue weighted by molar-refractivity contribution is 7.92. The summed E-state index contributed by atoms with van der Waals surface area (Å²) in [7, 11) is -3.13.